The van der Waals surface area contributed by atoms with Crippen LogP contribution in [-0.4, -0.2) is 29.6 Å². The molecule has 3 rings (SSSR count). The van der Waals surface area contributed by atoms with Crippen LogP contribution in [0.2, 0.25) is 0 Å². The van der Waals surface area contributed by atoms with Gasteiger partial charge in [-0.25, -0.2) is 0 Å². The van der Waals surface area contributed by atoms with Crippen molar-refractivity contribution in [3.05, 3.63) is 0 Å². The molecule has 2 atom stereocenters. The molecule has 2 nitrogen and oxygen atoms in total. The minimum Gasteiger partial charge on any atom is -0.329 e. The highest BCUT2D eigenvalue weighted by Gasteiger charge is 2.45. The molecule has 2 heteroatoms. The topological polar surface area (TPSA) is 29.3 Å². The lowest BCUT2D eigenvalue weighted by Gasteiger charge is -2.44. The Hall–Kier alpha value is -0.0800. The van der Waals surface area contributed by atoms with E-state index in [4.69, 9.17) is 5.73 Å². The first-order valence-electron chi connectivity index (χ1n) is 8.20. The van der Waals surface area contributed by atoms with Gasteiger partial charge in [-0.3, -0.25) is 4.90 Å². The van der Waals surface area contributed by atoms with E-state index in [0.29, 0.717) is 5.54 Å². The molecule has 0 aromatic heterocycles. The molecule has 0 bridgehead atoms. The van der Waals surface area contributed by atoms with Gasteiger partial charge in [0.15, 0.2) is 0 Å². The molecule has 3 aliphatic rings. The molecule has 0 amide bonds. The second-order valence-corrected chi connectivity index (χ2v) is 7.29. The molecule has 0 aromatic rings. The lowest BCUT2D eigenvalue weighted by atomic mass is 9.87. The van der Waals surface area contributed by atoms with Gasteiger partial charge in [0.05, 0.1) is 0 Å². The molecule has 18 heavy (non-hydrogen) atoms. The second kappa shape index (κ2) is 5.13. The first-order valence-corrected chi connectivity index (χ1v) is 8.20. The predicted octanol–water partition coefficient (Wildman–Crippen LogP) is 3.16. The van der Waals surface area contributed by atoms with E-state index in [0.717, 1.165) is 24.4 Å². The third-order valence-corrected chi connectivity index (χ3v) is 5.57. The van der Waals surface area contributed by atoms with E-state index in [9.17, 15) is 0 Å². The molecule has 104 valence electrons. The summed E-state index contributed by atoms with van der Waals surface area (Å²) >= 11 is 0. The van der Waals surface area contributed by atoms with Crippen molar-refractivity contribution in [3.63, 3.8) is 0 Å². The zero-order valence-electron chi connectivity index (χ0n) is 12.0. The van der Waals surface area contributed by atoms with Gasteiger partial charge >= 0.3 is 0 Å². The maximum absolute atomic E-state index is 6.27. The largest absolute Gasteiger partial charge is 0.329 e. The minimum atomic E-state index is 0.370. The van der Waals surface area contributed by atoms with Crippen LogP contribution in [0.4, 0.5) is 0 Å². The van der Waals surface area contributed by atoms with Gasteiger partial charge in [0.1, 0.15) is 0 Å². The number of rotatable bonds is 5. The molecule has 0 aromatic carbocycles. The Labute approximate surface area is 112 Å². The van der Waals surface area contributed by atoms with E-state index in [-0.39, 0.29) is 0 Å². The third kappa shape index (κ3) is 2.75. The van der Waals surface area contributed by atoms with E-state index in [1.54, 1.807) is 0 Å². The van der Waals surface area contributed by atoms with Gasteiger partial charge < -0.3 is 5.73 Å². The number of hydrogen-bond donors (Lipinski definition) is 1. The van der Waals surface area contributed by atoms with Crippen LogP contribution in [-0.2, 0) is 0 Å². The Bertz CT molecular complexity index is 283. The first kappa shape index (κ1) is 12.9. The predicted molar refractivity (Wildman–Crippen MR) is 76.5 cm³/mol. The summed E-state index contributed by atoms with van der Waals surface area (Å²) in [6.45, 7) is 4.67. The maximum atomic E-state index is 6.27. The van der Waals surface area contributed by atoms with Gasteiger partial charge in [-0.05, 0) is 56.8 Å². The summed E-state index contributed by atoms with van der Waals surface area (Å²) in [6, 6.07) is 0.891. The summed E-state index contributed by atoms with van der Waals surface area (Å²) in [5.74, 6) is 1.93. The second-order valence-electron chi connectivity index (χ2n) is 7.29. The fraction of sp³-hybridized carbons (Fsp3) is 1.00. The van der Waals surface area contributed by atoms with Crippen LogP contribution < -0.4 is 5.73 Å². The number of nitrogens with two attached hydrogens (primary N) is 1. The molecule has 0 heterocycles. The van der Waals surface area contributed by atoms with Gasteiger partial charge in [0.25, 0.3) is 0 Å². The van der Waals surface area contributed by atoms with Gasteiger partial charge in [-0.1, -0.05) is 19.8 Å². The zero-order chi connectivity index (χ0) is 12.6. The van der Waals surface area contributed by atoms with Crippen molar-refractivity contribution in [2.45, 2.75) is 76.3 Å². The van der Waals surface area contributed by atoms with Gasteiger partial charge in [0, 0.05) is 24.7 Å². The smallest absolute Gasteiger partial charge is 0.0334 e. The average molecular weight is 250 g/mol. The highest BCUT2D eigenvalue weighted by Crippen LogP contribution is 2.43. The minimum absolute atomic E-state index is 0.370. The summed E-state index contributed by atoms with van der Waals surface area (Å²) in [5, 5.41) is 0. The van der Waals surface area contributed by atoms with Crippen molar-refractivity contribution in [3.8, 4) is 0 Å². The summed E-state index contributed by atoms with van der Waals surface area (Å²) in [6.07, 6.45) is 12.7. The van der Waals surface area contributed by atoms with Gasteiger partial charge in [-0.2, -0.15) is 0 Å². The Morgan fingerprint density at radius 2 is 1.83 bits per heavy atom. The molecular weight excluding hydrogens is 220 g/mol. The maximum Gasteiger partial charge on any atom is 0.0334 e. The molecule has 0 spiro atoms. The van der Waals surface area contributed by atoms with E-state index in [1.807, 2.05) is 0 Å². The number of hydrogen-bond acceptors (Lipinski definition) is 2. The molecule has 0 saturated heterocycles. The van der Waals surface area contributed by atoms with Crippen LogP contribution in [0.1, 0.15) is 64.7 Å². The normalized spacial score (nSPS) is 37.8. The SMILES string of the molecule is CC1CCCC(CN)(N(CC2CC2)C2CC2)CC1. The third-order valence-electron chi connectivity index (χ3n) is 5.57. The Kier molecular flexibility index (Phi) is 3.68. The number of nitrogens with zero attached hydrogens (tertiary/aromatic N) is 1. The highest BCUT2D eigenvalue weighted by atomic mass is 15.3. The fourth-order valence-corrected chi connectivity index (χ4v) is 3.87. The summed E-state index contributed by atoms with van der Waals surface area (Å²) in [5.41, 5.74) is 6.64. The van der Waals surface area contributed by atoms with Crippen LogP contribution in [0.25, 0.3) is 0 Å². The molecule has 3 saturated carbocycles. The molecule has 0 radical (unpaired) electrons. The zero-order valence-corrected chi connectivity index (χ0v) is 12.0. The van der Waals surface area contributed by atoms with E-state index in [1.165, 1.54) is 64.3 Å². The quantitative estimate of drug-likeness (QED) is 0.759. The van der Waals surface area contributed by atoms with Crippen LogP contribution in [0.15, 0.2) is 0 Å². The van der Waals surface area contributed by atoms with E-state index < -0.39 is 0 Å². The van der Waals surface area contributed by atoms with Crippen molar-refractivity contribution in [2.75, 3.05) is 13.1 Å². The summed E-state index contributed by atoms with van der Waals surface area (Å²) in [4.78, 5) is 2.88. The molecule has 0 aliphatic heterocycles. The molecule has 3 fully saturated rings. The molecule has 2 N–H and O–H groups in total. The van der Waals surface area contributed by atoms with Crippen molar-refractivity contribution < 1.29 is 0 Å². The molecular formula is C16H30N2. The Balaban J connectivity index is 1.73. The van der Waals surface area contributed by atoms with Crippen LogP contribution in [0.3, 0.4) is 0 Å². The van der Waals surface area contributed by atoms with Crippen molar-refractivity contribution in [2.24, 2.45) is 17.6 Å². The van der Waals surface area contributed by atoms with Gasteiger partial charge in [0.2, 0.25) is 0 Å². The highest BCUT2D eigenvalue weighted by molar-refractivity contribution is 5.02. The average Bonchev–Trinajstić information content (AvgIpc) is 3.22. The Morgan fingerprint density at radius 3 is 2.44 bits per heavy atom. The van der Waals surface area contributed by atoms with Crippen molar-refractivity contribution >= 4 is 0 Å². The first-order chi connectivity index (χ1) is 8.73. The van der Waals surface area contributed by atoms with E-state index >= 15 is 0 Å². The van der Waals surface area contributed by atoms with Crippen LogP contribution >= 0.6 is 0 Å². The van der Waals surface area contributed by atoms with Crippen LogP contribution in [0.5, 0.6) is 0 Å². The van der Waals surface area contributed by atoms with Crippen molar-refractivity contribution in [1.29, 1.82) is 0 Å². The lowest BCUT2D eigenvalue weighted by Crippen LogP contribution is -2.55. The monoisotopic (exact) mass is 250 g/mol. The Morgan fingerprint density at radius 1 is 1.06 bits per heavy atom. The molecule has 3 aliphatic carbocycles. The molecule has 2 unspecified atom stereocenters. The fourth-order valence-electron chi connectivity index (χ4n) is 3.87. The van der Waals surface area contributed by atoms with Crippen LogP contribution in [0, 0.1) is 11.8 Å². The summed E-state index contributed by atoms with van der Waals surface area (Å²) < 4.78 is 0. The summed E-state index contributed by atoms with van der Waals surface area (Å²) in [7, 11) is 0. The standard InChI is InChI=1S/C16H30N2/c1-13-3-2-9-16(12-17,10-8-13)18(15-6-7-15)11-14-4-5-14/h13-15H,2-12,17H2,1H3. The van der Waals surface area contributed by atoms with Gasteiger partial charge in [-0.15, -0.1) is 0 Å². The van der Waals surface area contributed by atoms with Crippen molar-refractivity contribution in [1.82, 2.24) is 4.90 Å². The van der Waals surface area contributed by atoms with E-state index in [2.05, 4.69) is 11.8 Å². The lowest BCUT2D eigenvalue weighted by molar-refractivity contribution is 0.0634.